The van der Waals surface area contributed by atoms with Gasteiger partial charge in [0.2, 0.25) is 5.91 Å². The number of carbonyl (C=O) groups excluding carboxylic acids is 1. The van der Waals surface area contributed by atoms with Crippen LogP contribution < -0.4 is 5.32 Å². The number of amides is 1. The van der Waals surface area contributed by atoms with Gasteiger partial charge in [-0.1, -0.05) is 30.3 Å². The summed E-state index contributed by atoms with van der Waals surface area (Å²) in [5.41, 5.74) is 4.51. The van der Waals surface area contributed by atoms with E-state index in [9.17, 15) is 9.90 Å². The molecule has 0 aliphatic rings. The molecule has 2 aromatic carbocycles. The first-order chi connectivity index (χ1) is 11.1. The highest BCUT2D eigenvalue weighted by Crippen LogP contribution is 2.28. The van der Waals surface area contributed by atoms with Gasteiger partial charge in [0.1, 0.15) is 5.75 Å². The molecular formula is C19H20N2O2. The van der Waals surface area contributed by atoms with E-state index in [0.717, 1.165) is 35.0 Å². The van der Waals surface area contributed by atoms with Crippen LogP contribution in [-0.4, -0.2) is 22.5 Å². The van der Waals surface area contributed by atoms with E-state index in [1.54, 1.807) is 12.1 Å². The van der Waals surface area contributed by atoms with Gasteiger partial charge in [0.15, 0.2) is 0 Å². The van der Waals surface area contributed by atoms with Crippen LogP contribution in [0.5, 0.6) is 5.75 Å². The van der Waals surface area contributed by atoms with Crippen LogP contribution in [-0.2, 0) is 17.6 Å². The normalized spacial score (nSPS) is 10.8. The summed E-state index contributed by atoms with van der Waals surface area (Å²) in [6, 6.07) is 15.6. The maximum Gasteiger partial charge on any atom is 0.216 e. The van der Waals surface area contributed by atoms with Gasteiger partial charge >= 0.3 is 0 Å². The van der Waals surface area contributed by atoms with E-state index in [-0.39, 0.29) is 11.7 Å². The molecule has 23 heavy (non-hydrogen) atoms. The van der Waals surface area contributed by atoms with E-state index in [2.05, 4.69) is 22.4 Å². The van der Waals surface area contributed by atoms with Crippen molar-refractivity contribution in [1.82, 2.24) is 10.3 Å². The number of rotatable bonds is 5. The Hall–Kier alpha value is -2.75. The maximum absolute atomic E-state index is 11.1. The molecule has 3 rings (SSSR count). The second kappa shape index (κ2) is 6.57. The number of carbonyl (C=O) groups is 1. The van der Waals surface area contributed by atoms with Crippen molar-refractivity contribution >= 4 is 16.8 Å². The van der Waals surface area contributed by atoms with Gasteiger partial charge < -0.3 is 15.4 Å². The predicted molar refractivity (Wildman–Crippen MR) is 91.6 cm³/mol. The van der Waals surface area contributed by atoms with E-state index in [1.807, 2.05) is 24.3 Å². The molecular weight excluding hydrogens is 288 g/mol. The molecule has 4 nitrogen and oxygen atoms in total. The number of H-pyrrole nitrogens is 1. The van der Waals surface area contributed by atoms with E-state index in [4.69, 9.17) is 0 Å². The molecule has 0 aliphatic carbocycles. The lowest BCUT2D eigenvalue weighted by Gasteiger charge is -2.06. The quantitative estimate of drug-likeness (QED) is 0.678. The molecule has 0 radical (unpaired) electrons. The van der Waals surface area contributed by atoms with Gasteiger partial charge in [0.05, 0.1) is 0 Å². The van der Waals surface area contributed by atoms with Gasteiger partial charge in [-0.15, -0.1) is 0 Å². The van der Waals surface area contributed by atoms with Gasteiger partial charge in [-0.3, -0.25) is 4.79 Å². The zero-order valence-corrected chi connectivity index (χ0v) is 13.1. The van der Waals surface area contributed by atoms with Gasteiger partial charge in [-0.05, 0) is 35.7 Å². The van der Waals surface area contributed by atoms with Crippen molar-refractivity contribution in [2.24, 2.45) is 0 Å². The Kier molecular flexibility index (Phi) is 4.33. The van der Waals surface area contributed by atoms with Crippen LogP contribution in [0.15, 0.2) is 48.5 Å². The summed E-state index contributed by atoms with van der Waals surface area (Å²) in [5, 5.41) is 13.6. The Labute approximate surface area is 135 Å². The third-order valence-electron chi connectivity index (χ3n) is 3.95. The highest BCUT2D eigenvalue weighted by atomic mass is 16.3. The zero-order valence-electron chi connectivity index (χ0n) is 13.1. The van der Waals surface area contributed by atoms with Crippen molar-refractivity contribution in [2.45, 2.75) is 19.8 Å². The van der Waals surface area contributed by atoms with Crippen LogP contribution in [0.4, 0.5) is 0 Å². The molecule has 0 bridgehead atoms. The van der Waals surface area contributed by atoms with Crippen LogP contribution >= 0.6 is 0 Å². The number of nitrogens with one attached hydrogen (secondary N) is 2. The Morgan fingerprint density at radius 2 is 1.96 bits per heavy atom. The minimum Gasteiger partial charge on any atom is -0.508 e. The third-order valence-corrected chi connectivity index (χ3v) is 3.95. The fourth-order valence-electron chi connectivity index (χ4n) is 2.89. The molecule has 0 unspecified atom stereocenters. The maximum atomic E-state index is 11.1. The molecule has 0 saturated heterocycles. The number of aromatic amines is 1. The van der Waals surface area contributed by atoms with Crippen molar-refractivity contribution in [2.75, 3.05) is 6.54 Å². The van der Waals surface area contributed by atoms with Crippen LogP contribution in [0.1, 0.15) is 23.7 Å². The lowest BCUT2D eigenvalue weighted by molar-refractivity contribution is -0.118. The smallest absolute Gasteiger partial charge is 0.216 e. The molecule has 1 amide bonds. The average Bonchev–Trinajstić information content (AvgIpc) is 2.85. The number of fused-ring (bicyclic) bond motifs is 1. The molecule has 1 aromatic heterocycles. The second-order valence-corrected chi connectivity index (χ2v) is 5.71. The lowest BCUT2D eigenvalue weighted by atomic mass is 10.0. The first kappa shape index (κ1) is 15.2. The van der Waals surface area contributed by atoms with E-state index < -0.39 is 0 Å². The van der Waals surface area contributed by atoms with E-state index in [1.165, 1.54) is 12.5 Å². The van der Waals surface area contributed by atoms with Crippen LogP contribution in [0.3, 0.4) is 0 Å². The monoisotopic (exact) mass is 308 g/mol. The van der Waals surface area contributed by atoms with Crippen LogP contribution in [0.25, 0.3) is 10.9 Å². The summed E-state index contributed by atoms with van der Waals surface area (Å²) in [6.07, 6.45) is 1.52. The topological polar surface area (TPSA) is 65.1 Å². The van der Waals surface area contributed by atoms with Crippen molar-refractivity contribution in [3.63, 3.8) is 0 Å². The minimum absolute atomic E-state index is 0.0303. The number of phenols is 1. The number of benzene rings is 2. The summed E-state index contributed by atoms with van der Waals surface area (Å²) >= 11 is 0. The first-order valence-corrected chi connectivity index (χ1v) is 7.74. The molecule has 0 spiro atoms. The Morgan fingerprint density at radius 3 is 2.70 bits per heavy atom. The SMILES string of the molecule is CC(=O)NCCc1c(Cc2ccccc2)[nH]c2ccc(O)cc12. The van der Waals surface area contributed by atoms with Gasteiger partial charge in [-0.25, -0.2) is 0 Å². The molecule has 0 aliphatic heterocycles. The Bertz CT molecular complexity index is 822. The predicted octanol–water partition coefficient (Wildman–Crippen LogP) is 3.14. The molecule has 3 N–H and O–H groups in total. The van der Waals surface area contributed by atoms with Gasteiger partial charge in [0.25, 0.3) is 0 Å². The Morgan fingerprint density at radius 1 is 1.17 bits per heavy atom. The zero-order chi connectivity index (χ0) is 16.2. The molecule has 4 heteroatoms. The molecule has 118 valence electrons. The van der Waals surface area contributed by atoms with Crippen molar-refractivity contribution in [3.05, 3.63) is 65.4 Å². The van der Waals surface area contributed by atoms with Crippen molar-refractivity contribution in [1.29, 1.82) is 0 Å². The molecule has 0 fully saturated rings. The molecule has 1 heterocycles. The molecule has 3 aromatic rings. The number of hydrogen-bond acceptors (Lipinski definition) is 2. The number of aromatic nitrogens is 1. The van der Waals surface area contributed by atoms with Crippen LogP contribution in [0.2, 0.25) is 0 Å². The number of hydrogen-bond donors (Lipinski definition) is 3. The summed E-state index contributed by atoms with van der Waals surface area (Å²) in [6.45, 7) is 2.10. The number of phenolic OH excluding ortho intramolecular Hbond substituents is 1. The fraction of sp³-hybridized carbons (Fsp3) is 0.211. The summed E-state index contributed by atoms with van der Waals surface area (Å²) < 4.78 is 0. The highest BCUT2D eigenvalue weighted by molar-refractivity contribution is 5.86. The second-order valence-electron chi connectivity index (χ2n) is 5.71. The average molecular weight is 308 g/mol. The largest absolute Gasteiger partial charge is 0.508 e. The summed E-state index contributed by atoms with van der Waals surface area (Å²) in [7, 11) is 0. The summed E-state index contributed by atoms with van der Waals surface area (Å²) in [5.74, 6) is 0.223. The fourth-order valence-corrected chi connectivity index (χ4v) is 2.89. The van der Waals surface area contributed by atoms with Crippen molar-refractivity contribution in [3.8, 4) is 5.75 Å². The lowest BCUT2D eigenvalue weighted by Crippen LogP contribution is -2.22. The minimum atomic E-state index is -0.0303. The van der Waals surface area contributed by atoms with Gasteiger partial charge in [-0.2, -0.15) is 0 Å². The first-order valence-electron chi connectivity index (χ1n) is 7.74. The third kappa shape index (κ3) is 3.54. The Balaban J connectivity index is 1.96. The summed E-state index contributed by atoms with van der Waals surface area (Å²) in [4.78, 5) is 14.6. The van der Waals surface area contributed by atoms with Gasteiger partial charge in [0, 0.05) is 36.5 Å². The standard InChI is InChI=1S/C19H20N2O2/c1-13(22)20-10-9-16-17-12-15(23)7-8-18(17)21-19(16)11-14-5-3-2-4-6-14/h2-8,12,21,23H,9-11H2,1H3,(H,20,22). The van der Waals surface area contributed by atoms with Crippen molar-refractivity contribution < 1.29 is 9.90 Å². The van der Waals surface area contributed by atoms with E-state index >= 15 is 0 Å². The molecule has 0 atom stereocenters. The number of aromatic hydroxyl groups is 1. The van der Waals surface area contributed by atoms with Crippen LogP contribution in [0, 0.1) is 0 Å². The molecule has 0 saturated carbocycles. The highest BCUT2D eigenvalue weighted by Gasteiger charge is 2.12. The van der Waals surface area contributed by atoms with E-state index in [0.29, 0.717) is 6.54 Å².